The van der Waals surface area contributed by atoms with E-state index in [2.05, 4.69) is 0 Å². The number of nitro benzene ring substituents is 1. The third kappa shape index (κ3) is 2.30. The van der Waals surface area contributed by atoms with E-state index in [1.165, 1.54) is 0 Å². The Balaban J connectivity index is 2.66. The zero-order valence-electron chi connectivity index (χ0n) is 10.7. The van der Waals surface area contributed by atoms with Crippen LogP contribution in [0.5, 0.6) is 28.7 Å². The van der Waals surface area contributed by atoms with Gasteiger partial charge >= 0.3 is 5.69 Å². The van der Waals surface area contributed by atoms with E-state index in [1.54, 1.807) is 0 Å². The number of carbonyl (C=O) groups excluding carboxylic acids is 1. The van der Waals surface area contributed by atoms with Gasteiger partial charge in [-0.2, -0.15) is 0 Å². The summed E-state index contributed by atoms with van der Waals surface area (Å²) in [6.45, 7) is 0. The van der Waals surface area contributed by atoms with Crippen molar-refractivity contribution < 1.29 is 35.3 Å². The van der Waals surface area contributed by atoms with Gasteiger partial charge in [-0.3, -0.25) is 14.9 Å². The van der Waals surface area contributed by atoms with Crippen molar-refractivity contribution in [2.45, 2.75) is 0 Å². The van der Waals surface area contributed by atoms with Crippen LogP contribution >= 0.6 is 0 Å². The Bertz CT molecular complexity index is 799. The van der Waals surface area contributed by atoms with Crippen molar-refractivity contribution in [2.75, 3.05) is 0 Å². The lowest BCUT2D eigenvalue weighted by molar-refractivity contribution is -0.386. The number of hydrogen-bond donors (Lipinski definition) is 5. The van der Waals surface area contributed by atoms with Gasteiger partial charge in [0.1, 0.15) is 11.5 Å². The molecule has 0 spiro atoms. The van der Waals surface area contributed by atoms with E-state index in [0.29, 0.717) is 6.07 Å². The zero-order chi connectivity index (χ0) is 16.6. The third-order valence-electron chi connectivity index (χ3n) is 2.89. The van der Waals surface area contributed by atoms with E-state index in [4.69, 9.17) is 5.11 Å². The van der Waals surface area contributed by atoms with Gasteiger partial charge in [-0.15, -0.1) is 0 Å². The predicted octanol–water partition coefficient (Wildman–Crippen LogP) is 1.35. The highest BCUT2D eigenvalue weighted by atomic mass is 16.6. The van der Waals surface area contributed by atoms with Crippen molar-refractivity contribution in [3.8, 4) is 28.7 Å². The molecule has 2 aromatic carbocycles. The molecule has 22 heavy (non-hydrogen) atoms. The van der Waals surface area contributed by atoms with E-state index in [9.17, 15) is 35.3 Å². The molecule has 0 aliphatic carbocycles. The van der Waals surface area contributed by atoms with E-state index in [0.717, 1.165) is 18.2 Å². The first-order valence-electron chi connectivity index (χ1n) is 5.73. The molecule has 114 valence electrons. The Morgan fingerprint density at radius 1 is 0.909 bits per heavy atom. The molecule has 0 aliphatic heterocycles. The molecule has 0 bridgehead atoms. The molecule has 0 fully saturated rings. The Hall–Kier alpha value is -3.49. The van der Waals surface area contributed by atoms with Gasteiger partial charge in [0.15, 0.2) is 5.75 Å². The maximum absolute atomic E-state index is 12.2. The maximum atomic E-state index is 12.2. The van der Waals surface area contributed by atoms with Crippen LogP contribution < -0.4 is 0 Å². The second kappa shape index (κ2) is 5.13. The van der Waals surface area contributed by atoms with Crippen LogP contribution in [0.3, 0.4) is 0 Å². The van der Waals surface area contributed by atoms with Crippen molar-refractivity contribution in [3.63, 3.8) is 0 Å². The Kier molecular flexibility index (Phi) is 3.47. The summed E-state index contributed by atoms with van der Waals surface area (Å²) in [5.74, 6) is -5.48. The van der Waals surface area contributed by atoms with Crippen molar-refractivity contribution in [3.05, 3.63) is 45.5 Å². The van der Waals surface area contributed by atoms with Gasteiger partial charge in [-0.1, -0.05) is 0 Å². The molecule has 5 N–H and O–H groups in total. The average Bonchev–Trinajstić information content (AvgIpc) is 2.44. The minimum atomic E-state index is -1.23. The molecule has 0 unspecified atom stereocenters. The van der Waals surface area contributed by atoms with Crippen LogP contribution in [0.25, 0.3) is 0 Å². The number of ketones is 1. The molecule has 2 aromatic rings. The molecule has 2 rings (SSSR count). The molecular formula is C13H9NO8. The summed E-state index contributed by atoms with van der Waals surface area (Å²) in [5, 5.41) is 58.0. The molecule has 9 nitrogen and oxygen atoms in total. The molecule has 0 aromatic heterocycles. The highest BCUT2D eigenvalue weighted by Gasteiger charge is 2.28. The summed E-state index contributed by atoms with van der Waals surface area (Å²) in [5.41, 5.74) is -2.05. The number of phenolic OH excluding ortho intramolecular Hbond substituents is 5. The molecule has 0 saturated carbocycles. The molecular weight excluding hydrogens is 298 g/mol. The zero-order valence-corrected chi connectivity index (χ0v) is 10.7. The predicted molar refractivity (Wildman–Crippen MR) is 71.3 cm³/mol. The van der Waals surface area contributed by atoms with Gasteiger partial charge in [-0.05, 0) is 12.1 Å². The standard InChI is InChI=1S/C13H9NO8/c15-5-1-2-6(9(16)3-5)10(17)7-4-8(14(21)22)12(19)13(20)11(7)18/h1-4,15-16,18-20H. The van der Waals surface area contributed by atoms with Gasteiger partial charge in [0.05, 0.1) is 16.1 Å². The van der Waals surface area contributed by atoms with E-state index in [-0.39, 0.29) is 11.3 Å². The van der Waals surface area contributed by atoms with Crippen LogP contribution in [-0.4, -0.2) is 36.2 Å². The van der Waals surface area contributed by atoms with Gasteiger partial charge < -0.3 is 25.5 Å². The smallest absolute Gasteiger partial charge is 0.315 e. The van der Waals surface area contributed by atoms with Crippen LogP contribution in [-0.2, 0) is 0 Å². The molecule has 0 radical (unpaired) electrons. The van der Waals surface area contributed by atoms with Gasteiger partial charge in [-0.25, -0.2) is 0 Å². The lowest BCUT2D eigenvalue weighted by atomic mass is 10.00. The second-order valence-corrected chi connectivity index (χ2v) is 4.28. The molecule has 0 aliphatic rings. The van der Waals surface area contributed by atoms with Crippen molar-refractivity contribution >= 4 is 11.5 Å². The lowest BCUT2D eigenvalue weighted by Gasteiger charge is -2.09. The fourth-order valence-corrected chi connectivity index (χ4v) is 1.80. The Morgan fingerprint density at radius 2 is 1.55 bits per heavy atom. The monoisotopic (exact) mass is 307 g/mol. The minimum absolute atomic E-state index is 0.321. The van der Waals surface area contributed by atoms with Crippen molar-refractivity contribution in [2.24, 2.45) is 0 Å². The number of nitrogens with zero attached hydrogens (tertiary/aromatic N) is 1. The molecule has 0 saturated heterocycles. The topological polar surface area (TPSA) is 161 Å². The van der Waals surface area contributed by atoms with E-state index in [1.807, 2.05) is 0 Å². The number of hydrogen-bond acceptors (Lipinski definition) is 8. The summed E-state index contributed by atoms with van der Waals surface area (Å²) in [6.07, 6.45) is 0. The van der Waals surface area contributed by atoms with Gasteiger partial charge in [0.2, 0.25) is 17.3 Å². The molecule has 0 heterocycles. The highest BCUT2D eigenvalue weighted by Crippen LogP contribution is 2.45. The first-order chi connectivity index (χ1) is 10.2. The number of benzene rings is 2. The number of carbonyl (C=O) groups is 1. The SMILES string of the molecule is O=C(c1ccc(O)cc1O)c1cc([N+](=O)[O-])c(O)c(O)c1O. The summed E-state index contributed by atoms with van der Waals surface area (Å²) < 4.78 is 0. The second-order valence-electron chi connectivity index (χ2n) is 4.28. The molecule has 0 atom stereocenters. The summed E-state index contributed by atoms with van der Waals surface area (Å²) in [6, 6.07) is 3.54. The number of phenols is 5. The number of rotatable bonds is 3. The van der Waals surface area contributed by atoms with Gasteiger partial charge in [0, 0.05) is 12.1 Å². The Morgan fingerprint density at radius 3 is 2.09 bits per heavy atom. The average molecular weight is 307 g/mol. The first kappa shape index (κ1) is 14.9. The van der Waals surface area contributed by atoms with Crippen LogP contribution in [0.15, 0.2) is 24.3 Å². The fourth-order valence-electron chi connectivity index (χ4n) is 1.80. The minimum Gasteiger partial charge on any atom is -0.508 e. The molecule has 0 amide bonds. The highest BCUT2D eigenvalue weighted by molar-refractivity contribution is 6.13. The molecule has 9 heteroatoms. The normalized spacial score (nSPS) is 10.4. The van der Waals surface area contributed by atoms with Crippen LogP contribution in [0.4, 0.5) is 5.69 Å². The quantitative estimate of drug-likeness (QED) is 0.245. The Labute approximate surface area is 122 Å². The third-order valence-corrected chi connectivity index (χ3v) is 2.89. The maximum Gasteiger partial charge on any atom is 0.315 e. The van der Waals surface area contributed by atoms with E-state index >= 15 is 0 Å². The fraction of sp³-hybridized carbons (Fsp3) is 0. The largest absolute Gasteiger partial charge is 0.508 e. The number of aromatic hydroxyl groups is 5. The van der Waals surface area contributed by atoms with Gasteiger partial charge in [0.25, 0.3) is 0 Å². The van der Waals surface area contributed by atoms with Crippen molar-refractivity contribution in [1.82, 2.24) is 0 Å². The van der Waals surface area contributed by atoms with E-state index < -0.39 is 45.0 Å². The van der Waals surface area contributed by atoms with Crippen LogP contribution in [0.2, 0.25) is 0 Å². The lowest BCUT2D eigenvalue weighted by Crippen LogP contribution is -2.04. The van der Waals surface area contributed by atoms with Crippen LogP contribution in [0, 0.1) is 10.1 Å². The summed E-state index contributed by atoms with van der Waals surface area (Å²) in [4.78, 5) is 21.9. The summed E-state index contributed by atoms with van der Waals surface area (Å²) >= 11 is 0. The van der Waals surface area contributed by atoms with Crippen LogP contribution in [0.1, 0.15) is 15.9 Å². The number of nitro groups is 1. The first-order valence-corrected chi connectivity index (χ1v) is 5.73. The summed E-state index contributed by atoms with van der Waals surface area (Å²) in [7, 11) is 0. The van der Waals surface area contributed by atoms with Crippen molar-refractivity contribution in [1.29, 1.82) is 0 Å².